The van der Waals surface area contributed by atoms with Gasteiger partial charge in [0.2, 0.25) is 5.91 Å². The number of benzene rings is 2. The fourth-order valence-corrected chi connectivity index (χ4v) is 2.20. The van der Waals surface area contributed by atoms with Crippen molar-refractivity contribution >= 4 is 18.2 Å². The largest absolute Gasteiger partial charge is 0.450 e. The van der Waals surface area contributed by atoms with E-state index in [9.17, 15) is 9.59 Å². The van der Waals surface area contributed by atoms with Gasteiger partial charge in [0.1, 0.15) is 0 Å². The summed E-state index contributed by atoms with van der Waals surface area (Å²) < 4.78 is 4.90. The molecular formula is C19H21N3O3. The van der Waals surface area contributed by atoms with Crippen LogP contribution in [-0.2, 0) is 9.53 Å². The first kappa shape index (κ1) is 18.2. The SMILES string of the molecule is CCOC(=O)N[C@H](CC(=O)N/N=C\c1ccccc1)c1ccccc1. The van der Waals surface area contributed by atoms with E-state index in [4.69, 9.17) is 4.74 Å². The second-order valence-corrected chi connectivity index (χ2v) is 5.24. The minimum Gasteiger partial charge on any atom is -0.450 e. The van der Waals surface area contributed by atoms with Crippen LogP contribution in [0, 0.1) is 0 Å². The number of ether oxygens (including phenoxy) is 1. The van der Waals surface area contributed by atoms with Gasteiger partial charge < -0.3 is 10.1 Å². The Kier molecular flexibility index (Phi) is 7.18. The number of carbonyl (C=O) groups excluding carboxylic acids is 2. The minimum atomic E-state index is -0.558. The topological polar surface area (TPSA) is 79.8 Å². The maximum absolute atomic E-state index is 12.1. The Hall–Kier alpha value is -3.15. The third-order valence-electron chi connectivity index (χ3n) is 3.36. The molecule has 2 N–H and O–H groups in total. The summed E-state index contributed by atoms with van der Waals surface area (Å²) in [6, 6.07) is 18.2. The maximum Gasteiger partial charge on any atom is 0.407 e. The molecule has 0 fully saturated rings. The molecule has 25 heavy (non-hydrogen) atoms. The van der Waals surface area contributed by atoms with Gasteiger partial charge in [0, 0.05) is 0 Å². The van der Waals surface area contributed by atoms with Crippen molar-refractivity contribution in [3.05, 3.63) is 71.8 Å². The third-order valence-corrected chi connectivity index (χ3v) is 3.36. The zero-order valence-corrected chi connectivity index (χ0v) is 14.0. The average molecular weight is 339 g/mol. The quantitative estimate of drug-likeness (QED) is 0.601. The summed E-state index contributed by atoms with van der Waals surface area (Å²) in [7, 11) is 0. The van der Waals surface area contributed by atoms with Crippen LogP contribution in [0.1, 0.15) is 30.5 Å². The van der Waals surface area contributed by atoms with E-state index in [1.807, 2.05) is 60.7 Å². The van der Waals surface area contributed by atoms with Gasteiger partial charge in [0.05, 0.1) is 25.3 Å². The summed E-state index contributed by atoms with van der Waals surface area (Å²) in [6.45, 7) is 1.99. The molecule has 2 rings (SSSR count). The Balaban J connectivity index is 1.96. The lowest BCUT2D eigenvalue weighted by Gasteiger charge is -2.18. The van der Waals surface area contributed by atoms with Crippen molar-refractivity contribution in [2.45, 2.75) is 19.4 Å². The van der Waals surface area contributed by atoms with Gasteiger partial charge in [-0.3, -0.25) is 4.79 Å². The standard InChI is InChI=1S/C19H21N3O3/c1-2-25-19(24)21-17(16-11-7-4-8-12-16)13-18(23)22-20-14-15-9-5-3-6-10-15/h3-12,14,17H,2,13H2,1H3,(H,21,24)(H,22,23)/b20-14-/t17-/m1/s1. The molecular weight excluding hydrogens is 318 g/mol. The minimum absolute atomic E-state index is 0.0506. The summed E-state index contributed by atoms with van der Waals surface area (Å²) >= 11 is 0. The summed E-state index contributed by atoms with van der Waals surface area (Å²) in [6.07, 6.45) is 1.06. The van der Waals surface area contributed by atoms with E-state index in [0.29, 0.717) is 0 Å². The van der Waals surface area contributed by atoms with E-state index in [-0.39, 0.29) is 18.9 Å². The van der Waals surface area contributed by atoms with Crippen molar-refractivity contribution in [3.8, 4) is 0 Å². The molecule has 0 saturated heterocycles. The van der Waals surface area contributed by atoms with Gasteiger partial charge in [-0.1, -0.05) is 60.7 Å². The molecule has 0 aliphatic rings. The molecule has 2 amide bonds. The van der Waals surface area contributed by atoms with Crippen LogP contribution < -0.4 is 10.7 Å². The number of nitrogens with one attached hydrogen (secondary N) is 2. The molecule has 2 aromatic rings. The van der Waals surface area contributed by atoms with Crippen molar-refractivity contribution in [2.75, 3.05) is 6.61 Å². The van der Waals surface area contributed by atoms with Gasteiger partial charge in [-0.15, -0.1) is 0 Å². The first-order valence-corrected chi connectivity index (χ1v) is 8.04. The predicted octanol–water partition coefficient (Wildman–Crippen LogP) is 3.01. The third kappa shape index (κ3) is 6.47. The Morgan fingerprint density at radius 3 is 2.36 bits per heavy atom. The highest BCUT2D eigenvalue weighted by atomic mass is 16.5. The van der Waals surface area contributed by atoms with Crippen LogP contribution in [0.3, 0.4) is 0 Å². The van der Waals surface area contributed by atoms with Crippen LogP contribution in [0.4, 0.5) is 4.79 Å². The molecule has 1 atom stereocenters. The monoisotopic (exact) mass is 339 g/mol. The van der Waals surface area contributed by atoms with Gasteiger partial charge >= 0.3 is 6.09 Å². The van der Waals surface area contributed by atoms with Gasteiger partial charge in [0.15, 0.2) is 0 Å². The zero-order valence-electron chi connectivity index (χ0n) is 14.0. The van der Waals surface area contributed by atoms with E-state index >= 15 is 0 Å². The second kappa shape index (κ2) is 9.87. The van der Waals surface area contributed by atoms with Gasteiger partial charge in [-0.25, -0.2) is 10.2 Å². The van der Waals surface area contributed by atoms with E-state index in [1.54, 1.807) is 13.1 Å². The molecule has 2 aromatic carbocycles. The van der Waals surface area contributed by atoms with Crippen LogP contribution in [0.2, 0.25) is 0 Å². The fourth-order valence-electron chi connectivity index (χ4n) is 2.20. The van der Waals surface area contributed by atoms with E-state index in [2.05, 4.69) is 15.8 Å². The summed E-state index contributed by atoms with van der Waals surface area (Å²) in [5.74, 6) is -0.308. The number of amides is 2. The molecule has 6 heteroatoms. The molecule has 6 nitrogen and oxygen atoms in total. The average Bonchev–Trinajstić information content (AvgIpc) is 2.63. The van der Waals surface area contributed by atoms with Crippen molar-refractivity contribution in [1.29, 1.82) is 0 Å². The Labute approximate surface area is 146 Å². The highest BCUT2D eigenvalue weighted by Gasteiger charge is 2.18. The smallest absolute Gasteiger partial charge is 0.407 e. The first-order valence-electron chi connectivity index (χ1n) is 8.04. The lowest BCUT2D eigenvalue weighted by atomic mass is 10.0. The molecule has 0 aliphatic heterocycles. The number of rotatable bonds is 7. The summed E-state index contributed by atoms with van der Waals surface area (Å²) in [5.41, 5.74) is 4.17. The Bertz CT molecular complexity index is 702. The van der Waals surface area contributed by atoms with Crippen molar-refractivity contribution in [3.63, 3.8) is 0 Å². The van der Waals surface area contributed by atoms with Crippen LogP contribution in [0.15, 0.2) is 65.8 Å². The second-order valence-electron chi connectivity index (χ2n) is 5.24. The molecule has 0 radical (unpaired) electrons. The predicted molar refractivity (Wildman–Crippen MR) is 96.1 cm³/mol. The molecule has 0 saturated carbocycles. The van der Waals surface area contributed by atoms with Crippen molar-refractivity contribution < 1.29 is 14.3 Å². The highest BCUT2D eigenvalue weighted by Crippen LogP contribution is 2.16. The normalized spacial score (nSPS) is 11.7. The molecule has 0 bridgehead atoms. The van der Waals surface area contributed by atoms with Crippen LogP contribution >= 0.6 is 0 Å². The number of hydrogen-bond donors (Lipinski definition) is 2. The molecule has 0 spiro atoms. The van der Waals surface area contributed by atoms with Crippen LogP contribution in [-0.4, -0.2) is 24.8 Å². The summed E-state index contributed by atoms with van der Waals surface area (Å²) in [5, 5.41) is 6.63. The zero-order chi connectivity index (χ0) is 17.9. The molecule has 0 unspecified atom stereocenters. The molecule has 0 aromatic heterocycles. The first-order chi connectivity index (χ1) is 12.2. The van der Waals surface area contributed by atoms with E-state index in [1.165, 1.54) is 0 Å². The van der Waals surface area contributed by atoms with Gasteiger partial charge in [-0.05, 0) is 18.1 Å². The van der Waals surface area contributed by atoms with Gasteiger partial charge in [0.25, 0.3) is 0 Å². The number of alkyl carbamates (subject to hydrolysis) is 1. The number of nitrogens with zero attached hydrogens (tertiary/aromatic N) is 1. The lowest BCUT2D eigenvalue weighted by molar-refractivity contribution is -0.121. The summed E-state index contributed by atoms with van der Waals surface area (Å²) in [4.78, 5) is 23.9. The molecule has 130 valence electrons. The van der Waals surface area contributed by atoms with Crippen molar-refractivity contribution in [2.24, 2.45) is 5.10 Å². The van der Waals surface area contributed by atoms with Gasteiger partial charge in [-0.2, -0.15) is 5.10 Å². The Morgan fingerprint density at radius 1 is 1.08 bits per heavy atom. The number of hydrogen-bond acceptors (Lipinski definition) is 4. The molecule has 0 aliphatic carbocycles. The highest BCUT2D eigenvalue weighted by molar-refractivity contribution is 5.82. The lowest BCUT2D eigenvalue weighted by Crippen LogP contribution is -2.33. The molecule has 0 heterocycles. The Morgan fingerprint density at radius 2 is 1.72 bits per heavy atom. The van der Waals surface area contributed by atoms with E-state index in [0.717, 1.165) is 11.1 Å². The fraction of sp³-hybridized carbons (Fsp3) is 0.211. The number of carbonyl (C=O) groups is 2. The number of hydrazone groups is 1. The van der Waals surface area contributed by atoms with Crippen molar-refractivity contribution in [1.82, 2.24) is 10.7 Å². The maximum atomic E-state index is 12.1. The van der Waals surface area contributed by atoms with Crippen LogP contribution in [0.5, 0.6) is 0 Å². The van der Waals surface area contributed by atoms with E-state index < -0.39 is 12.1 Å². The van der Waals surface area contributed by atoms with Crippen LogP contribution in [0.25, 0.3) is 0 Å².